The van der Waals surface area contributed by atoms with Gasteiger partial charge in [0.25, 0.3) is 0 Å². The maximum Gasteiger partial charge on any atom is 0.129 e. The molecule has 0 fully saturated rings. The molecule has 0 saturated heterocycles. The second kappa shape index (κ2) is 3.01. The lowest BCUT2D eigenvalue weighted by atomic mass is 10.2. The average Bonchev–Trinajstić information content (AvgIpc) is 1.88. The third-order valence-electron chi connectivity index (χ3n) is 1.29. The van der Waals surface area contributed by atoms with Crippen LogP contribution in [0.3, 0.4) is 0 Å². The number of aliphatic hydroxyl groups is 1. The van der Waals surface area contributed by atoms with Crippen LogP contribution in [0.15, 0.2) is 18.2 Å². The predicted molar refractivity (Wildman–Crippen MR) is 39.9 cm³/mol. The first kappa shape index (κ1) is 7.54. The van der Waals surface area contributed by atoms with Gasteiger partial charge in [-0.15, -0.1) is 0 Å². The normalized spacial score (nSPS) is 9.90. The fraction of sp³-hybridized carbons (Fsp3) is 0.143. The maximum absolute atomic E-state index is 8.70. The lowest BCUT2D eigenvalue weighted by molar-refractivity contribution is -0.254. The summed E-state index contributed by atoms with van der Waals surface area (Å²) in [6.45, 7) is -0.0148. The molecular weight excluding hydrogens is 150 g/mol. The summed E-state index contributed by atoms with van der Waals surface area (Å²) in [6.07, 6.45) is 0. The minimum absolute atomic E-state index is 0.0148. The van der Waals surface area contributed by atoms with Crippen LogP contribution in [0, 0.1) is 0 Å². The number of hydrogen-bond acceptors (Lipinski definition) is 1. The smallest absolute Gasteiger partial charge is 0.129 e. The van der Waals surface area contributed by atoms with Crippen molar-refractivity contribution in [1.29, 1.82) is 0 Å². The minimum atomic E-state index is -0.0148. The highest BCUT2D eigenvalue weighted by atomic mass is 35.5. The molecule has 0 aliphatic heterocycles. The molecule has 1 aromatic rings. The predicted octanol–water partition coefficient (Wildman–Crippen LogP) is 0.706. The van der Waals surface area contributed by atoms with E-state index in [0.29, 0.717) is 5.02 Å². The van der Waals surface area contributed by atoms with E-state index in [4.69, 9.17) is 16.7 Å². The van der Waals surface area contributed by atoms with Crippen molar-refractivity contribution in [1.82, 2.24) is 0 Å². The molecule has 0 unspecified atom stereocenters. The van der Waals surface area contributed by atoms with Crippen molar-refractivity contribution in [2.45, 2.75) is 6.61 Å². The summed E-state index contributed by atoms with van der Waals surface area (Å²) < 4.78 is 0. The largest absolute Gasteiger partial charge is 0.392 e. The minimum Gasteiger partial charge on any atom is -0.392 e. The van der Waals surface area contributed by atoms with E-state index in [9.17, 15) is 0 Å². The first-order valence-electron chi connectivity index (χ1n) is 2.95. The molecular formula is C7H9ClNO+. The molecule has 0 aliphatic rings. The fourth-order valence-electron chi connectivity index (χ4n) is 0.719. The number of hydrogen-bond donors (Lipinski definition) is 2. The van der Waals surface area contributed by atoms with E-state index >= 15 is 0 Å². The highest BCUT2D eigenvalue weighted by molar-refractivity contribution is 6.31. The Morgan fingerprint density at radius 2 is 2.20 bits per heavy atom. The van der Waals surface area contributed by atoms with E-state index in [1.54, 1.807) is 12.1 Å². The fourth-order valence-corrected chi connectivity index (χ4v) is 0.982. The lowest BCUT2D eigenvalue weighted by Gasteiger charge is -1.97. The Bertz CT molecular complexity index is 237. The van der Waals surface area contributed by atoms with Gasteiger partial charge in [0.15, 0.2) is 0 Å². The van der Waals surface area contributed by atoms with Crippen molar-refractivity contribution in [2.24, 2.45) is 0 Å². The van der Waals surface area contributed by atoms with Gasteiger partial charge >= 0.3 is 0 Å². The molecule has 1 rings (SSSR count). The summed E-state index contributed by atoms with van der Waals surface area (Å²) in [5.41, 5.74) is 5.30. The summed E-state index contributed by atoms with van der Waals surface area (Å²) in [4.78, 5) is 0. The molecule has 0 aromatic heterocycles. The van der Waals surface area contributed by atoms with Crippen LogP contribution < -0.4 is 5.73 Å². The molecule has 54 valence electrons. The topological polar surface area (TPSA) is 47.9 Å². The zero-order valence-electron chi connectivity index (χ0n) is 5.47. The van der Waals surface area contributed by atoms with Gasteiger partial charge in [0.1, 0.15) is 5.69 Å². The van der Waals surface area contributed by atoms with Gasteiger partial charge in [0.05, 0.1) is 11.6 Å². The zero-order chi connectivity index (χ0) is 7.56. The Morgan fingerprint density at radius 1 is 1.50 bits per heavy atom. The van der Waals surface area contributed by atoms with Crippen LogP contribution in [-0.4, -0.2) is 5.11 Å². The summed E-state index contributed by atoms with van der Waals surface area (Å²) in [6, 6.07) is 5.31. The Labute approximate surface area is 64.2 Å². The molecule has 1 aromatic carbocycles. The number of rotatable bonds is 1. The van der Waals surface area contributed by atoms with Gasteiger partial charge in [-0.05, 0) is 17.7 Å². The SMILES string of the molecule is [NH3+]c1ccc(CO)c(Cl)c1. The van der Waals surface area contributed by atoms with Crippen LogP contribution in [-0.2, 0) is 6.61 Å². The molecule has 10 heavy (non-hydrogen) atoms. The van der Waals surface area contributed by atoms with E-state index in [1.807, 2.05) is 6.07 Å². The van der Waals surface area contributed by atoms with Crippen LogP contribution in [0.5, 0.6) is 0 Å². The van der Waals surface area contributed by atoms with E-state index in [2.05, 4.69) is 5.73 Å². The van der Waals surface area contributed by atoms with E-state index in [1.165, 1.54) is 0 Å². The van der Waals surface area contributed by atoms with Crippen LogP contribution in [0.4, 0.5) is 5.69 Å². The van der Waals surface area contributed by atoms with Crippen molar-refractivity contribution in [3.63, 3.8) is 0 Å². The molecule has 0 spiro atoms. The van der Waals surface area contributed by atoms with Crippen molar-refractivity contribution in [2.75, 3.05) is 0 Å². The molecule has 3 heteroatoms. The van der Waals surface area contributed by atoms with Crippen LogP contribution in [0.2, 0.25) is 5.02 Å². The summed E-state index contributed by atoms with van der Waals surface area (Å²) in [5.74, 6) is 0. The van der Waals surface area contributed by atoms with E-state index < -0.39 is 0 Å². The average molecular weight is 159 g/mol. The molecule has 4 N–H and O–H groups in total. The van der Waals surface area contributed by atoms with Gasteiger partial charge < -0.3 is 10.8 Å². The van der Waals surface area contributed by atoms with Gasteiger partial charge in [-0.2, -0.15) is 0 Å². The van der Waals surface area contributed by atoms with Crippen molar-refractivity contribution >= 4 is 17.3 Å². The van der Waals surface area contributed by atoms with E-state index in [0.717, 1.165) is 11.3 Å². The monoisotopic (exact) mass is 158 g/mol. The van der Waals surface area contributed by atoms with Crippen LogP contribution in [0.25, 0.3) is 0 Å². The van der Waals surface area contributed by atoms with Crippen LogP contribution in [0.1, 0.15) is 5.56 Å². The highest BCUT2D eigenvalue weighted by Crippen LogP contribution is 2.17. The Morgan fingerprint density at radius 3 is 2.70 bits per heavy atom. The first-order chi connectivity index (χ1) is 4.74. The van der Waals surface area contributed by atoms with Gasteiger partial charge in [0.2, 0.25) is 0 Å². The third kappa shape index (κ3) is 1.48. The first-order valence-corrected chi connectivity index (χ1v) is 3.33. The number of quaternary nitrogens is 1. The van der Waals surface area contributed by atoms with Gasteiger partial charge in [-0.1, -0.05) is 11.6 Å². The Balaban J connectivity index is 3.07. The van der Waals surface area contributed by atoms with Crippen LogP contribution >= 0.6 is 11.6 Å². The van der Waals surface area contributed by atoms with Gasteiger partial charge in [-0.25, -0.2) is 0 Å². The van der Waals surface area contributed by atoms with Crippen molar-refractivity contribution in [3.05, 3.63) is 28.8 Å². The van der Waals surface area contributed by atoms with Crippen molar-refractivity contribution < 1.29 is 10.8 Å². The number of aliphatic hydroxyl groups excluding tert-OH is 1. The van der Waals surface area contributed by atoms with E-state index in [-0.39, 0.29) is 6.61 Å². The Kier molecular flexibility index (Phi) is 2.27. The molecule has 0 saturated carbocycles. The zero-order valence-corrected chi connectivity index (χ0v) is 6.23. The molecule has 2 nitrogen and oxygen atoms in total. The standard InChI is InChI=1S/C7H8ClNO/c8-7-3-6(9)2-1-5(7)4-10/h1-3,10H,4,9H2/p+1. The van der Waals surface area contributed by atoms with Crippen molar-refractivity contribution in [3.8, 4) is 0 Å². The molecule has 0 aliphatic carbocycles. The quantitative estimate of drug-likeness (QED) is 0.621. The van der Waals surface area contributed by atoms with Gasteiger partial charge in [0, 0.05) is 6.07 Å². The highest BCUT2D eigenvalue weighted by Gasteiger charge is 1.98. The second-order valence-corrected chi connectivity index (χ2v) is 2.49. The molecule has 0 heterocycles. The molecule has 0 radical (unpaired) electrons. The lowest BCUT2D eigenvalue weighted by Crippen LogP contribution is -2.40. The Hall–Kier alpha value is -0.570. The summed E-state index contributed by atoms with van der Waals surface area (Å²) >= 11 is 5.73. The second-order valence-electron chi connectivity index (χ2n) is 2.08. The molecule has 0 bridgehead atoms. The summed E-state index contributed by atoms with van der Waals surface area (Å²) in [5, 5.41) is 9.28. The maximum atomic E-state index is 8.70. The summed E-state index contributed by atoms with van der Waals surface area (Å²) in [7, 11) is 0. The van der Waals surface area contributed by atoms with Gasteiger partial charge in [-0.3, -0.25) is 0 Å². The number of benzene rings is 1. The number of halogens is 1. The molecule has 0 amide bonds. The molecule has 0 atom stereocenters. The third-order valence-corrected chi connectivity index (χ3v) is 1.64.